The van der Waals surface area contributed by atoms with Crippen LogP contribution in [0.4, 0.5) is 0 Å². The number of aromatic nitrogens is 4. The number of rotatable bonds is 27. The Morgan fingerprint density at radius 2 is 1.39 bits per heavy atom. The minimum atomic E-state index is -3.85. The Balaban J connectivity index is 1.40. The van der Waals surface area contributed by atoms with Gasteiger partial charge in [-0.2, -0.15) is 0 Å². The van der Waals surface area contributed by atoms with Crippen molar-refractivity contribution in [3.05, 3.63) is 18.3 Å². The summed E-state index contributed by atoms with van der Waals surface area (Å²) in [6.07, 6.45) is 24.7. The zero-order valence-electron chi connectivity index (χ0n) is 26.1. The first-order valence-corrected chi connectivity index (χ1v) is 18.0. The third-order valence-corrected chi connectivity index (χ3v) is 8.64. The van der Waals surface area contributed by atoms with Crippen molar-refractivity contribution >= 4 is 18.8 Å². The number of ether oxygens (including phenoxy) is 2. The fourth-order valence-electron chi connectivity index (χ4n) is 4.98. The van der Waals surface area contributed by atoms with Crippen LogP contribution in [0, 0.1) is 6.92 Å². The molecule has 1 unspecified atom stereocenters. The van der Waals surface area contributed by atoms with E-state index >= 15 is 0 Å². The lowest BCUT2D eigenvalue weighted by molar-refractivity contribution is 0.0497. The van der Waals surface area contributed by atoms with Gasteiger partial charge in [-0.05, 0) is 19.8 Å². The van der Waals surface area contributed by atoms with E-state index in [1.165, 1.54) is 103 Å². The zero-order valence-corrected chi connectivity index (χ0v) is 27.0. The normalized spacial score (nSPS) is 14.0. The minimum Gasteiger partial charge on any atom is -0.379 e. The summed E-state index contributed by atoms with van der Waals surface area (Å²) in [6, 6.07) is 0. The number of imidazole rings is 1. The van der Waals surface area contributed by atoms with Crippen LogP contribution in [0.25, 0.3) is 11.2 Å². The predicted octanol–water partition coefficient (Wildman–Crippen LogP) is 8.37. The summed E-state index contributed by atoms with van der Waals surface area (Å²) >= 11 is 0. The lowest BCUT2D eigenvalue weighted by Gasteiger charge is -2.19. The van der Waals surface area contributed by atoms with Crippen LogP contribution in [0.1, 0.15) is 129 Å². The van der Waals surface area contributed by atoms with Crippen molar-refractivity contribution in [1.82, 2.24) is 19.5 Å². The molecule has 0 aliphatic rings. The Morgan fingerprint density at radius 3 is 1.98 bits per heavy atom. The molecule has 0 bridgehead atoms. The second-order valence-corrected chi connectivity index (χ2v) is 13.0. The summed E-state index contributed by atoms with van der Waals surface area (Å²) in [6.45, 7) is 7.66. The molecule has 2 aromatic heterocycles. The zero-order chi connectivity index (χ0) is 29.6. The van der Waals surface area contributed by atoms with Crippen LogP contribution >= 0.6 is 7.60 Å². The van der Waals surface area contributed by atoms with Crippen molar-refractivity contribution in [3.8, 4) is 0 Å². The molecule has 10 heteroatoms. The van der Waals surface area contributed by atoms with Gasteiger partial charge in [0.05, 0.1) is 37.9 Å². The molecule has 236 valence electrons. The van der Waals surface area contributed by atoms with Crippen molar-refractivity contribution in [3.63, 3.8) is 0 Å². The fraction of sp³-hybridized carbons (Fsp3) is 0.839. The molecule has 2 heterocycles. The van der Waals surface area contributed by atoms with Gasteiger partial charge in [0.2, 0.25) is 0 Å². The number of hydrogen-bond donors (Lipinski definition) is 1. The van der Waals surface area contributed by atoms with E-state index in [2.05, 4.69) is 21.9 Å². The molecule has 1 N–H and O–H groups in total. The molecule has 0 radical (unpaired) electrons. The van der Waals surface area contributed by atoms with E-state index < -0.39 is 7.60 Å². The van der Waals surface area contributed by atoms with Crippen LogP contribution in [0.15, 0.2) is 12.7 Å². The summed E-state index contributed by atoms with van der Waals surface area (Å²) in [5.41, 5.74) is 2.29. The van der Waals surface area contributed by atoms with Crippen LogP contribution in [0.5, 0.6) is 0 Å². The maximum absolute atomic E-state index is 12.4. The molecular formula is C31H57N4O5P. The molecule has 0 spiro atoms. The maximum atomic E-state index is 12.4. The Hall–Kier alpha value is -1.38. The summed E-state index contributed by atoms with van der Waals surface area (Å²) < 4.78 is 30.8. The highest BCUT2D eigenvalue weighted by molar-refractivity contribution is 7.52. The molecule has 0 amide bonds. The highest BCUT2D eigenvalue weighted by atomic mass is 31.2. The van der Waals surface area contributed by atoms with Crippen molar-refractivity contribution < 1.29 is 23.5 Å². The van der Waals surface area contributed by atoms with E-state index in [0.29, 0.717) is 26.2 Å². The molecule has 0 fully saturated rings. The number of hydrogen-bond acceptors (Lipinski definition) is 7. The van der Waals surface area contributed by atoms with E-state index in [-0.39, 0.29) is 19.1 Å². The molecule has 9 nitrogen and oxygen atoms in total. The molecule has 2 aromatic rings. The topological polar surface area (TPSA) is 109 Å². The highest BCUT2D eigenvalue weighted by Crippen LogP contribution is 2.42. The van der Waals surface area contributed by atoms with Gasteiger partial charge in [0.15, 0.2) is 5.65 Å². The molecule has 0 aliphatic heterocycles. The second-order valence-electron chi connectivity index (χ2n) is 11.2. The SMILES string of the molecule is CCCCCCCCCCCCCCCCCCOCCOP(=O)(O)CO[C@H](CC)Cn1cnc2c(C)ncnc21. The molecule has 0 aliphatic carbocycles. The van der Waals surface area contributed by atoms with Gasteiger partial charge in [0.25, 0.3) is 0 Å². The van der Waals surface area contributed by atoms with Crippen LogP contribution in [0.2, 0.25) is 0 Å². The Morgan fingerprint density at radius 1 is 0.805 bits per heavy atom. The first kappa shape index (κ1) is 35.8. The summed E-state index contributed by atoms with van der Waals surface area (Å²) in [5.74, 6) is 0. The predicted molar refractivity (Wildman–Crippen MR) is 166 cm³/mol. The van der Waals surface area contributed by atoms with E-state index in [1.807, 2.05) is 18.4 Å². The number of aryl methyl sites for hydroxylation is 1. The van der Waals surface area contributed by atoms with Crippen molar-refractivity contribution in [2.24, 2.45) is 0 Å². The number of nitrogens with zero attached hydrogens (tertiary/aromatic N) is 4. The maximum Gasteiger partial charge on any atom is 0.353 e. The third-order valence-electron chi connectivity index (χ3n) is 7.58. The molecule has 0 aromatic carbocycles. The van der Waals surface area contributed by atoms with Gasteiger partial charge < -0.3 is 23.5 Å². The van der Waals surface area contributed by atoms with Crippen molar-refractivity contribution in [1.29, 1.82) is 0 Å². The van der Waals surface area contributed by atoms with E-state index in [1.54, 1.807) is 6.33 Å². The minimum absolute atomic E-state index is 0.0785. The molecule has 2 rings (SSSR count). The van der Waals surface area contributed by atoms with Gasteiger partial charge >= 0.3 is 7.60 Å². The Labute approximate surface area is 248 Å². The van der Waals surface area contributed by atoms with Gasteiger partial charge in [-0.25, -0.2) is 15.0 Å². The average Bonchev–Trinajstić information content (AvgIpc) is 3.38. The summed E-state index contributed by atoms with van der Waals surface area (Å²) in [5, 5.41) is 0. The van der Waals surface area contributed by atoms with Gasteiger partial charge in [-0.15, -0.1) is 0 Å². The Kier molecular flexibility index (Phi) is 19.4. The third kappa shape index (κ3) is 16.2. The standard InChI is InChI=1S/C31H57N4O5P/c1-4-6-7-8-9-10-11-12-13-14-15-16-17-18-19-20-21-38-22-23-40-41(36,37)27-39-29(5-2)24-35-26-34-30-28(3)32-25-33-31(30)35/h25-26,29H,4-24,27H2,1-3H3,(H,36,37)/t29-/m1/s1. The smallest absolute Gasteiger partial charge is 0.353 e. The molecule has 2 atom stereocenters. The van der Waals surface area contributed by atoms with Crippen LogP contribution in [0.3, 0.4) is 0 Å². The summed E-state index contributed by atoms with van der Waals surface area (Å²) in [4.78, 5) is 23.0. The van der Waals surface area contributed by atoms with E-state index in [4.69, 9.17) is 14.0 Å². The van der Waals surface area contributed by atoms with E-state index in [9.17, 15) is 9.46 Å². The largest absolute Gasteiger partial charge is 0.379 e. The van der Waals surface area contributed by atoms with Gasteiger partial charge in [0.1, 0.15) is 18.2 Å². The number of fused-ring (bicyclic) bond motifs is 1. The molecule has 41 heavy (non-hydrogen) atoms. The van der Waals surface area contributed by atoms with Crippen LogP contribution < -0.4 is 0 Å². The lowest BCUT2D eigenvalue weighted by atomic mass is 10.0. The monoisotopic (exact) mass is 596 g/mol. The van der Waals surface area contributed by atoms with Crippen LogP contribution in [-0.2, 0) is 25.1 Å². The van der Waals surface area contributed by atoms with E-state index in [0.717, 1.165) is 23.3 Å². The average molecular weight is 597 g/mol. The highest BCUT2D eigenvalue weighted by Gasteiger charge is 2.22. The van der Waals surface area contributed by atoms with Crippen molar-refractivity contribution in [2.75, 3.05) is 26.2 Å². The van der Waals surface area contributed by atoms with Crippen LogP contribution in [-0.4, -0.2) is 56.7 Å². The van der Waals surface area contributed by atoms with Gasteiger partial charge in [-0.3, -0.25) is 4.57 Å². The molecule has 0 saturated heterocycles. The quantitative estimate of drug-likeness (QED) is 0.0809. The number of unbranched alkanes of at least 4 members (excludes halogenated alkanes) is 15. The molecular weight excluding hydrogens is 539 g/mol. The van der Waals surface area contributed by atoms with Crippen molar-refractivity contribution in [2.45, 2.75) is 143 Å². The second kappa shape index (κ2) is 22.2. The van der Waals surface area contributed by atoms with Gasteiger partial charge in [0, 0.05) is 6.61 Å². The lowest BCUT2D eigenvalue weighted by Crippen LogP contribution is -2.20. The first-order chi connectivity index (χ1) is 20.0. The van der Waals surface area contributed by atoms with Gasteiger partial charge in [-0.1, -0.05) is 110 Å². The summed E-state index contributed by atoms with van der Waals surface area (Å²) in [7, 11) is -3.85. The first-order valence-electron chi connectivity index (χ1n) is 16.2. The molecule has 0 saturated carbocycles. The Bertz CT molecular complexity index is 973. The fourth-order valence-corrected chi connectivity index (χ4v) is 5.81.